The van der Waals surface area contributed by atoms with E-state index in [1.165, 1.54) is 24.0 Å². The summed E-state index contributed by atoms with van der Waals surface area (Å²) in [7, 11) is 0. The summed E-state index contributed by atoms with van der Waals surface area (Å²) in [6, 6.07) is 21.4. The van der Waals surface area contributed by atoms with Crippen LogP contribution in [-0.4, -0.2) is 36.5 Å². The van der Waals surface area contributed by atoms with Crippen LogP contribution in [0.1, 0.15) is 49.1 Å². The second-order valence-corrected chi connectivity index (χ2v) is 8.35. The molecule has 3 heteroatoms. The first-order chi connectivity index (χ1) is 13.8. The van der Waals surface area contributed by atoms with Crippen molar-refractivity contribution < 1.29 is 9.53 Å². The van der Waals surface area contributed by atoms with Gasteiger partial charge in [-0.2, -0.15) is 0 Å². The van der Waals surface area contributed by atoms with Gasteiger partial charge in [0.1, 0.15) is 5.78 Å². The van der Waals surface area contributed by atoms with Crippen LogP contribution in [0.15, 0.2) is 60.7 Å². The van der Waals surface area contributed by atoms with Gasteiger partial charge in [0.2, 0.25) is 0 Å². The van der Waals surface area contributed by atoms with Gasteiger partial charge in [-0.05, 0) is 42.7 Å². The zero-order valence-electron chi connectivity index (χ0n) is 16.6. The number of rotatable bonds is 6. The molecule has 2 fully saturated rings. The van der Waals surface area contributed by atoms with Crippen LogP contribution in [0.4, 0.5) is 0 Å². The number of benzene rings is 2. The lowest BCUT2D eigenvalue weighted by Crippen LogP contribution is -2.42. The summed E-state index contributed by atoms with van der Waals surface area (Å²) in [5.74, 6) is 1.07. The molecule has 4 rings (SSSR count). The van der Waals surface area contributed by atoms with E-state index in [-0.39, 0.29) is 5.92 Å². The van der Waals surface area contributed by atoms with E-state index < -0.39 is 0 Å². The number of hydrogen-bond acceptors (Lipinski definition) is 3. The van der Waals surface area contributed by atoms with Gasteiger partial charge in [0.15, 0.2) is 0 Å². The summed E-state index contributed by atoms with van der Waals surface area (Å²) in [6.07, 6.45) is 5.56. The fraction of sp³-hybridized carbons (Fsp3) is 0.480. The van der Waals surface area contributed by atoms with E-state index in [0.29, 0.717) is 30.8 Å². The molecule has 2 aromatic rings. The Balaban J connectivity index is 1.23. The van der Waals surface area contributed by atoms with Crippen molar-refractivity contribution in [3.05, 3.63) is 71.8 Å². The first-order valence-electron chi connectivity index (χ1n) is 10.7. The van der Waals surface area contributed by atoms with Gasteiger partial charge in [-0.25, -0.2) is 0 Å². The minimum absolute atomic E-state index is 0.0318. The summed E-state index contributed by atoms with van der Waals surface area (Å²) in [5.41, 5.74) is 2.77. The van der Waals surface area contributed by atoms with Crippen LogP contribution < -0.4 is 0 Å². The average Bonchev–Trinajstić information content (AvgIpc) is 2.76. The summed E-state index contributed by atoms with van der Waals surface area (Å²) in [4.78, 5) is 14.8. The lowest BCUT2D eigenvalue weighted by molar-refractivity contribution is -0.130. The van der Waals surface area contributed by atoms with Crippen LogP contribution in [0.25, 0.3) is 0 Å². The third-order valence-corrected chi connectivity index (χ3v) is 6.34. The van der Waals surface area contributed by atoms with E-state index in [0.717, 1.165) is 32.5 Å². The zero-order chi connectivity index (χ0) is 19.2. The Hall–Kier alpha value is -1.97. The predicted octanol–water partition coefficient (Wildman–Crippen LogP) is 4.82. The molecule has 0 bridgehead atoms. The molecule has 1 unspecified atom stereocenters. The summed E-state index contributed by atoms with van der Waals surface area (Å²) in [5, 5.41) is 0. The van der Waals surface area contributed by atoms with Gasteiger partial charge < -0.3 is 4.74 Å². The van der Waals surface area contributed by atoms with Gasteiger partial charge in [-0.15, -0.1) is 0 Å². The molecule has 0 amide bonds. The summed E-state index contributed by atoms with van der Waals surface area (Å²) in [6.45, 7) is 3.21. The van der Waals surface area contributed by atoms with Crippen molar-refractivity contribution in [2.75, 3.05) is 19.7 Å². The molecule has 3 nitrogen and oxygen atoms in total. The van der Waals surface area contributed by atoms with E-state index in [1.54, 1.807) is 0 Å². The van der Waals surface area contributed by atoms with Crippen LogP contribution in [0, 0.1) is 5.92 Å². The second-order valence-electron chi connectivity index (χ2n) is 8.35. The van der Waals surface area contributed by atoms with Crippen LogP contribution in [-0.2, 0) is 16.1 Å². The molecule has 0 N–H and O–H groups in total. The zero-order valence-corrected chi connectivity index (χ0v) is 16.6. The number of hydrogen-bond donors (Lipinski definition) is 0. The Kier molecular flexibility index (Phi) is 6.56. The molecule has 0 spiro atoms. The molecule has 2 aromatic carbocycles. The summed E-state index contributed by atoms with van der Waals surface area (Å²) < 4.78 is 6.23. The molecule has 0 radical (unpaired) electrons. The van der Waals surface area contributed by atoms with Crippen molar-refractivity contribution in [2.45, 2.75) is 50.7 Å². The highest BCUT2D eigenvalue weighted by molar-refractivity contribution is 5.82. The lowest BCUT2D eigenvalue weighted by atomic mass is 9.83. The molecular formula is C25H31NO2. The number of carbonyl (C=O) groups excluding carboxylic acids is 1. The van der Waals surface area contributed by atoms with Crippen LogP contribution >= 0.6 is 0 Å². The lowest BCUT2D eigenvalue weighted by Gasteiger charge is -2.34. The van der Waals surface area contributed by atoms with E-state index in [9.17, 15) is 4.79 Å². The Morgan fingerprint density at radius 1 is 0.893 bits per heavy atom. The minimum Gasteiger partial charge on any atom is -0.377 e. The molecule has 0 aromatic heterocycles. The fourth-order valence-electron chi connectivity index (χ4n) is 4.65. The van der Waals surface area contributed by atoms with Gasteiger partial charge in [0.05, 0.1) is 18.6 Å². The van der Waals surface area contributed by atoms with Gasteiger partial charge in [-0.3, -0.25) is 9.69 Å². The number of carbonyl (C=O) groups is 1. The first-order valence-corrected chi connectivity index (χ1v) is 10.7. The second kappa shape index (κ2) is 9.49. The Morgan fingerprint density at radius 3 is 2.29 bits per heavy atom. The molecule has 28 heavy (non-hydrogen) atoms. The number of piperidine rings is 1. The highest BCUT2D eigenvalue weighted by Crippen LogP contribution is 2.34. The third-order valence-electron chi connectivity index (χ3n) is 6.34. The van der Waals surface area contributed by atoms with Gasteiger partial charge in [-0.1, -0.05) is 60.7 Å². The van der Waals surface area contributed by atoms with E-state index in [2.05, 4.69) is 59.5 Å². The topological polar surface area (TPSA) is 29.5 Å². The number of ketones is 1. The van der Waals surface area contributed by atoms with Gasteiger partial charge in [0, 0.05) is 26.1 Å². The van der Waals surface area contributed by atoms with Crippen molar-refractivity contribution in [2.24, 2.45) is 5.92 Å². The predicted molar refractivity (Wildman–Crippen MR) is 112 cm³/mol. The SMILES string of the molecule is O=C1CCN(Cc2ccccc2)CC1COC1CCC(c2ccccc2)CC1. The van der Waals surface area contributed by atoms with E-state index in [4.69, 9.17) is 4.74 Å². The third kappa shape index (κ3) is 5.09. The molecule has 1 atom stereocenters. The molecule has 1 heterocycles. The number of Topliss-reactive ketones (excluding diaryl/α,β-unsaturated/α-hetero) is 1. The van der Waals surface area contributed by atoms with Crippen molar-refractivity contribution in [1.29, 1.82) is 0 Å². The standard InChI is InChI=1S/C25H31NO2/c27-25-15-16-26(17-20-7-3-1-4-8-20)18-23(25)19-28-24-13-11-22(12-14-24)21-9-5-2-6-10-21/h1-10,22-24H,11-19H2. The highest BCUT2D eigenvalue weighted by Gasteiger charge is 2.29. The van der Waals surface area contributed by atoms with Crippen molar-refractivity contribution >= 4 is 5.78 Å². The quantitative estimate of drug-likeness (QED) is 0.723. The van der Waals surface area contributed by atoms with Gasteiger partial charge in [0.25, 0.3) is 0 Å². The maximum absolute atomic E-state index is 12.4. The highest BCUT2D eigenvalue weighted by atomic mass is 16.5. The normalized spacial score (nSPS) is 26.3. The van der Waals surface area contributed by atoms with Crippen molar-refractivity contribution in [3.8, 4) is 0 Å². The molecule has 2 aliphatic rings. The maximum Gasteiger partial charge on any atom is 0.140 e. The molecule has 148 valence electrons. The molecule has 1 saturated carbocycles. The first kappa shape index (κ1) is 19.4. The Labute approximate surface area is 168 Å². The van der Waals surface area contributed by atoms with Crippen molar-refractivity contribution in [3.63, 3.8) is 0 Å². The molecule has 1 aliphatic carbocycles. The maximum atomic E-state index is 12.4. The average molecular weight is 378 g/mol. The molecular weight excluding hydrogens is 346 g/mol. The Morgan fingerprint density at radius 2 is 1.57 bits per heavy atom. The number of likely N-dealkylation sites (tertiary alicyclic amines) is 1. The Bertz CT molecular complexity index is 738. The van der Waals surface area contributed by atoms with E-state index >= 15 is 0 Å². The smallest absolute Gasteiger partial charge is 0.140 e. The van der Waals surface area contributed by atoms with Gasteiger partial charge >= 0.3 is 0 Å². The fourth-order valence-corrected chi connectivity index (χ4v) is 4.65. The van der Waals surface area contributed by atoms with Crippen LogP contribution in [0.2, 0.25) is 0 Å². The summed E-state index contributed by atoms with van der Waals surface area (Å²) >= 11 is 0. The number of ether oxygens (including phenoxy) is 1. The van der Waals surface area contributed by atoms with Crippen LogP contribution in [0.5, 0.6) is 0 Å². The largest absolute Gasteiger partial charge is 0.377 e. The molecule has 1 aliphatic heterocycles. The minimum atomic E-state index is 0.0318. The van der Waals surface area contributed by atoms with E-state index in [1.807, 2.05) is 6.07 Å². The number of nitrogens with zero attached hydrogens (tertiary/aromatic N) is 1. The monoisotopic (exact) mass is 377 g/mol. The molecule has 1 saturated heterocycles. The van der Waals surface area contributed by atoms with Crippen molar-refractivity contribution in [1.82, 2.24) is 4.90 Å². The van der Waals surface area contributed by atoms with Crippen LogP contribution in [0.3, 0.4) is 0 Å².